The maximum atomic E-state index is 9.96. The summed E-state index contributed by atoms with van der Waals surface area (Å²) in [5.74, 6) is 1.49. The number of nitrogens with zero attached hydrogens (tertiary/aromatic N) is 2. The highest BCUT2D eigenvalue weighted by atomic mass is 16.5. The molecule has 1 aliphatic heterocycles. The molecule has 116 valence electrons. The van der Waals surface area contributed by atoms with Crippen molar-refractivity contribution in [3.05, 3.63) is 36.0 Å². The third kappa shape index (κ3) is 3.54. The summed E-state index contributed by atoms with van der Waals surface area (Å²) in [7, 11) is 0. The Labute approximate surface area is 130 Å². The third-order valence-corrected chi connectivity index (χ3v) is 3.78. The highest BCUT2D eigenvalue weighted by Crippen LogP contribution is 2.26. The molecule has 0 amide bonds. The monoisotopic (exact) mass is 299 g/mol. The first-order valence-electron chi connectivity index (χ1n) is 7.72. The number of benzene rings is 1. The average molecular weight is 299 g/mol. The van der Waals surface area contributed by atoms with Crippen LogP contribution in [0.2, 0.25) is 0 Å². The SMILES string of the molecule is Cc1cc(NC[C@H]2CCCCO2)nc(-c2ccccc2O)n1. The van der Waals surface area contributed by atoms with E-state index >= 15 is 0 Å². The van der Waals surface area contributed by atoms with Crippen LogP contribution in [0, 0.1) is 6.92 Å². The molecule has 3 rings (SSSR count). The van der Waals surface area contributed by atoms with E-state index in [1.807, 2.05) is 25.1 Å². The van der Waals surface area contributed by atoms with E-state index in [-0.39, 0.29) is 11.9 Å². The summed E-state index contributed by atoms with van der Waals surface area (Å²) in [5, 5.41) is 13.3. The molecule has 1 aliphatic rings. The van der Waals surface area contributed by atoms with Crippen LogP contribution in [0.15, 0.2) is 30.3 Å². The number of aryl methyl sites for hydroxylation is 1. The molecule has 0 bridgehead atoms. The second-order valence-electron chi connectivity index (χ2n) is 5.60. The molecule has 2 aromatic rings. The van der Waals surface area contributed by atoms with E-state index in [9.17, 15) is 5.11 Å². The van der Waals surface area contributed by atoms with Crippen molar-refractivity contribution in [2.75, 3.05) is 18.5 Å². The Bertz CT molecular complexity index is 640. The summed E-state index contributed by atoms with van der Waals surface area (Å²) in [6.07, 6.45) is 3.71. The van der Waals surface area contributed by atoms with E-state index in [2.05, 4.69) is 15.3 Å². The van der Waals surface area contributed by atoms with Gasteiger partial charge >= 0.3 is 0 Å². The van der Waals surface area contributed by atoms with Gasteiger partial charge in [-0.2, -0.15) is 0 Å². The molecule has 2 heterocycles. The van der Waals surface area contributed by atoms with Crippen LogP contribution in [0.25, 0.3) is 11.4 Å². The molecule has 1 fully saturated rings. The fourth-order valence-electron chi connectivity index (χ4n) is 2.63. The number of para-hydroxylation sites is 1. The average Bonchev–Trinajstić information content (AvgIpc) is 2.54. The first-order chi connectivity index (χ1) is 10.7. The number of ether oxygens (including phenoxy) is 1. The number of rotatable bonds is 4. The van der Waals surface area contributed by atoms with E-state index < -0.39 is 0 Å². The molecule has 5 heteroatoms. The van der Waals surface area contributed by atoms with Crippen LogP contribution >= 0.6 is 0 Å². The smallest absolute Gasteiger partial charge is 0.165 e. The van der Waals surface area contributed by atoms with E-state index in [1.165, 1.54) is 6.42 Å². The predicted octanol–water partition coefficient (Wildman–Crippen LogP) is 3.14. The zero-order valence-corrected chi connectivity index (χ0v) is 12.7. The van der Waals surface area contributed by atoms with Gasteiger partial charge in [0.05, 0.1) is 11.7 Å². The molecule has 5 nitrogen and oxygen atoms in total. The van der Waals surface area contributed by atoms with Crippen molar-refractivity contribution in [1.29, 1.82) is 0 Å². The molecule has 0 unspecified atom stereocenters. The summed E-state index contributed by atoms with van der Waals surface area (Å²) >= 11 is 0. The summed E-state index contributed by atoms with van der Waals surface area (Å²) in [6, 6.07) is 9.02. The summed E-state index contributed by atoms with van der Waals surface area (Å²) in [6.45, 7) is 3.52. The van der Waals surface area contributed by atoms with E-state index in [4.69, 9.17) is 4.74 Å². The van der Waals surface area contributed by atoms with Gasteiger partial charge in [0.1, 0.15) is 11.6 Å². The highest BCUT2D eigenvalue weighted by Gasteiger charge is 2.14. The first-order valence-corrected chi connectivity index (χ1v) is 7.72. The molecule has 2 N–H and O–H groups in total. The van der Waals surface area contributed by atoms with Crippen LogP contribution in [-0.4, -0.2) is 34.3 Å². The Morgan fingerprint density at radius 3 is 2.91 bits per heavy atom. The number of hydrogen-bond acceptors (Lipinski definition) is 5. The molecule has 0 saturated carbocycles. The van der Waals surface area contributed by atoms with Crippen LogP contribution in [0.3, 0.4) is 0 Å². The van der Waals surface area contributed by atoms with Crippen LogP contribution in [0.1, 0.15) is 25.0 Å². The van der Waals surface area contributed by atoms with Gasteiger partial charge in [-0.15, -0.1) is 0 Å². The quantitative estimate of drug-likeness (QED) is 0.908. The fourth-order valence-corrected chi connectivity index (χ4v) is 2.63. The zero-order valence-electron chi connectivity index (χ0n) is 12.7. The van der Waals surface area contributed by atoms with Crippen LogP contribution < -0.4 is 5.32 Å². The molecule has 1 atom stereocenters. The standard InChI is InChI=1S/C17H21N3O2/c1-12-10-16(18-11-13-6-4-5-9-22-13)20-17(19-12)14-7-2-3-8-15(14)21/h2-3,7-8,10,13,21H,4-6,9,11H2,1H3,(H,18,19,20)/t13-/m1/s1. The van der Waals surface area contributed by atoms with Gasteiger partial charge < -0.3 is 15.2 Å². The van der Waals surface area contributed by atoms with Gasteiger partial charge in [-0.3, -0.25) is 0 Å². The second kappa shape index (κ2) is 6.75. The second-order valence-corrected chi connectivity index (χ2v) is 5.60. The molecular weight excluding hydrogens is 278 g/mol. The van der Waals surface area contributed by atoms with Crippen molar-refractivity contribution in [2.45, 2.75) is 32.3 Å². The van der Waals surface area contributed by atoms with E-state index in [0.29, 0.717) is 11.4 Å². The number of aromatic hydroxyl groups is 1. The third-order valence-electron chi connectivity index (χ3n) is 3.78. The van der Waals surface area contributed by atoms with Gasteiger partial charge in [0, 0.05) is 24.9 Å². The lowest BCUT2D eigenvalue weighted by Crippen LogP contribution is -2.27. The maximum Gasteiger partial charge on any atom is 0.165 e. The van der Waals surface area contributed by atoms with Crippen LogP contribution in [0.4, 0.5) is 5.82 Å². The predicted molar refractivity (Wildman–Crippen MR) is 86.0 cm³/mol. The van der Waals surface area contributed by atoms with Crippen LogP contribution in [-0.2, 0) is 4.74 Å². The van der Waals surface area contributed by atoms with Gasteiger partial charge in [0.15, 0.2) is 5.82 Å². The lowest BCUT2D eigenvalue weighted by atomic mass is 10.1. The Hall–Kier alpha value is -2.14. The maximum absolute atomic E-state index is 9.96. The molecule has 0 aliphatic carbocycles. The van der Waals surface area contributed by atoms with E-state index in [0.717, 1.165) is 37.5 Å². The molecule has 1 aromatic heterocycles. The lowest BCUT2D eigenvalue weighted by molar-refractivity contribution is 0.0247. The number of hydrogen-bond donors (Lipinski definition) is 2. The minimum atomic E-state index is 0.190. The minimum Gasteiger partial charge on any atom is -0.507 e. The Kier molecular flexibility index (Phi) is 4.53. The largest absolute Gasteiger partial charge is 0.507 e. The zero-order chi connectivity index (χ0) is 15.4. The Balaban J connectivity index is 1.76. The van der Waals surface area contributed by atoms with E-state index in [1.54, 1.807) is 12.1 Å². The van der Waals surface area contributed by atoms with Crippen molar-refractivity contribution in [3.8, 4) is 17.1 Å². The normalized spacial score (nSPS) is 18.1. The minimum absolute atomic E-state index is 0.190. The molecule has 0 radical (unpaired) electrons. The molecule has 1 aromatic carbocycles. The molecule has 22 heavy (non-hydrogen) atoms. The summed E-state index contributed by atoms with van der Waals surface area (Å²) in [5.41, 5.74) is 1.50. The Morgan fingerprint density at radius 2 is 2.14 bits per heavy atom. The molecular formula is C17H21N3O2. The highest BCUT2D eigenvalue weighted by molar-refractivity contribution is 5.64. The Morgan fingerprint density at radius 1 is 1.27 bits per heavy atom. The van der Waals surface area contributed by atoms with Gasteiger partial charge in [0.25, 0.3) is 0 Å². The van der Waals surface area contributed by atoms with Crippen molar-refractivity contribution >= 4 is 5.82 Å². The van der Waals surface area contributed by atoms with Crippen molar-refractivity contribution in [2.24, 2.45) is 0 Å². The van der Waals surface area contributed by atoms with Crippen molar-refractivity contribution in [3.63, 3.8) is 0 Å². The molecule has 0 spiro atoms. The van der Waals surface area contributed by atoms with Gasteiger partial charge in [-0.25, -0.2) is 9.97 Å². The first kappa shape index (κ1) is 14.8. The van der Waals surface area contributed by atoms with Crippen molar-refractivity contribution in [1.82, 2.24) is 9.97 Å². The van der Waals surface area contributed by atoms with Crippen LogP contribution in [0.5, 0.6) is 5.75 Å². The fraction of sp³-hybridized carbons (Fsp3) is 0.412. The topological polar surface area (TPSA) is 67.3 Å². The lowest BCUT2D eigenvalue weighted by Gasteiger charge is -2.23. The summed E-state index contributed by atoms with van der Waals surface area (Å²) in [4.78, 5) is 8.93. The molecule has 1 saturated heterocycles. The van der Waals surface area contributed by atoms with Crippen molar-refractivity contribution < 1.29 is 9.84 Å². The van der Waals surface area contributed by atoms with Gasteiger partial charge in [0.2, 0.25) is 0 Å². The van der Waals surface area contributed by atoms with Gasteiger partial charge in [-0.1, -0.05) is 12.1 Å². The number of anilines is 1. The number of nitrogens with one attached hydrogen (secondary N) is 1. The number of aromatic nitrogens is 2. The number of phenols is 1. The summed E-state index contributed by atoms with van der Waals surface area (Å²) < 4.78 is 5.72. The number of phenolic OH excluding ortho intramolecular Hbond substituents is 1. The van der Waals surface area contributed by atoms with Gasteiger partial charge in [-0.05, 0) is 38.3 Å².